The molecular formula is C17H26N2S2. The minimum atomic E-state index is 0.927. The van der Waals surface area contributed by atoms with Crippen LogP contribution in [0, 0.1) is 0 Å². The van der Waals surface area contributed by atoms with Gasteiger partial charge in [0.25, 0.3) is 0 Å². The Kier molecular flexibility index (Phi) is 7.41. The van der Waals surface area contributed by atoms with Gasteiger partial charge in [0.15, 0.2) is 3.98 Å². The minimum absolute atomic E-state index is 0.927. The normalized spacial score (nSPS) is 11.4. The monoisotopic (exact) mass is 322 g/mol. The smallest absolute Gasteiger partial charge is 0.167 e. The molecule has 0 amide bonds. The summed E-state index contributed by atoms with van der Waals surface area (Å²) in [5, 5.41) is 0. The summed E-state index contributed by atoms with van der Waals surface area (Å²) < 4.78 is 3.92. The van der Waals surface area contributed by atoms with Crippen molar-refractivity contribution in [2.75, 3.05) is 26.2 Å². The molecule has 0 unspecified atom stereocenters. The summed E-state index contributed by atoms with van der Waals surface area (Å²) in [6.07, 6.45) is 5.15. The zero-order valence-electron chi connectivity index (χ0n) is 13.2. The molecule has 2 nitrogen and oxygen atoms in total. The van der Waals surface area contributed by atoms with Crippen molar-refractivity contribution in [3.8, 4) is 0 Å². The number of hydrogen-bond donors (Lipinski definition) is 0. The van der Waals surface area contributed by atoms with Crippen LogP contribution in [-0.2, 0) is 0 Å². The number of unbranched alkanes of at least 4 members (excludes halogenated alkanes) is 2. The molecule has 0 saturated heterocycles. The van der Waals surface area contributed by atoms with Gasteiger partial charge in [0.1, 0.15) is 0 Å². The van der Waals surface area contributed by atoms with Crippen molar-refractivity contribution in [3.05, 3.63) is 28.3 Å². The molecule has 0 bridgehead atoms. The zero-order chi connectivity index (χ0) is 14.9. The van der Waals surface area contributed by atoms with Gasteiger partial charge in [-0.1, -0.05) is 38.8 Å². The summed E-state index contributed by atoms with van der Waals surface area (Å²) >= 11 is 3.64. The van der Waals surface area contributed by atoms with Crippen LogP contribution >= 0.6 is 22.7 Å². The van der Waals surface area contributed by atoms with E-state index in [1.165, 1.54) is 52.2 Å². The van der Waals surface area contributed by atoms with Gasteiger partial charge >= 0.3 is 0 Å². The fourth-order valence-corrected chi connectivity index (χ4v) is 4.55. The maximum atomic E-state index is 4.79. The zero-order valence-corrected chi connectivity index (χ0v) is 14.8. The van der Waals surface area contributed by atoms with E-state index in [2.05, 4.69) is 43.0 Å². The van der Waals surface area contributed by atoms with Crippen molar-refractivity contribution in [1.29, 1.82) is 0 Å². The third kappa shape index (κ3) is 5.53. The molecule has 4 heteroatoms. The predicted octanol–water partition coefficient (Wildman–Crippen LogP) is 4.77. The number of hydrogen-bond acceptors (Lipinski definition) is 4. The van der Waals surface area contributed by atoms with Gasteiger partial charge in [0, 0.05) is 15.9 Å². The number of nitrogens with zero attached hydrogens (tertiary/aromatic N) is 2. The lowest BCUT2D eigenvalue weighted by Gasteiger charge is -2.20. The van der Waals surface area contributed by atoms with Gasteiger partial charge in [-0.25, -0.2) is 0 Å². The Morgan fingerprint density at radius 2 is 1.48 bits per heavy atom. The molecule has 2 rings (SSSR count). The second-order valence-electron chi connectivity index (χ2n) is 5.35. The van der Waals surface area contributed by atoms with Crippen LogP contribution in [0.3, 0.4) is 0 Å². The highest BCUT2D eigenvalue weighted by Gasteiger charge is 2.03. The molecule has 0 aliphatic heterocycles. The third-order valence-corrected chi connectivity index (χ3v) is 5.95. The van der Waals surface area contributed by atoms with E-state index in [4.69, 9.17) is 4.99 Å². The molecule has 0 N–H and O–H groups in total. The Balaban J connectivity index is 1.91. The van der Waals surface area contributed by atoms with Gasteiger partial charge in [-0.2, -0.15) is 0 Å². The summed E-state index contributed by atoms with van der Waals surface area (Å²) in [5.74, 6) is 0. The van der Waals surface area contributed by atoms with Crippen molar-refractivity contribution in [2.45, 2.75) is 39.5 Å². The highest BCUT2D eigenvalue weighted by molar-refractivity contribution is 7.35. The van der Waals surface area contributed by atoms with Crippen molar-refractivity contribution in [3.63, 3.8) is 0 Å². The van der Waals surface area contributed by atoms with E-state index in [1.807, 2.05) is 22.7 Å². The van der Waals surface area contributed by atoms with E-state index < -0.39 is 0 Å². The van der Waals surface area contributed by atoms with Gasteiger partial charge in [0.2, 0.25) is 0 Å². The first-order chi connectivity index (χ1) is 10.3. The molecule has 0 radical (unpaired) electrons. The Morgan fingerprint density at radius 1 is 0.905 bits per heavy atom. The lowest BCUT2D eigenvalue weighted by molar-refractivity contribution is 0.272. The fraction of sp³-hybridized carbons (Fsp3) is 0.588. The predicted molar refractivity (Wildman–Crippen MR) is 96.4 cm³/mol. The molecule has 1 heterocycles. The van der Waals surface area contributed by atoms with Crippen molar-refractivity contribution >= 4 is 32.1 Å². The first-order valence-corrected chi connectivity index (χ1v) is 9.68. The number of rotatable bonds is 9. The average Bonchev–Trinajstić information content (AvgIpc) is 2.92. The minimum Gasteiger partial charge on any atom is -0.301 e. The van der Waals surface area contributed by atoms with Crippen LogP contribution in [0.5, 0.6) is 0 Å². The third-order valence-electron chi connectivity index (χ3n) is 3.56. The number of fused-ring (bicyclic) bond motifs is 1. The average molecular weight is 323 g/mol. The lowest BCUT2D eigenvalue weighted by atomic mass is 10.2. The highest BCUT2D eigenvalue weighted by atomic mass is 32.2. The maximum absolute atomic E-state index is 4.79. The molecule has 0 aliphatic carbocycles. The Morgan fingerprint density at radius 3 is 2.00 bits per heavy atom. The first-order valence-electron chi connectivity index (χ1n) is 8.05. The molecule has 0 spiro atoms. The van der Waals surface area contributed by atoms with Crippen molar-refractivity contribution in [1.82, 2.24) is 4.90 Å². The fourth-order valence-electron chi connectivity index (χ4n) is 2.27. The van der Waals surface area contributed by atoms with Crippen LogP contribution in [0.25, 0.3) is 9.40 Å². The van der Waals surface area contributed by atoms with Crippen molar-refractivity contribution < 1.29 is 0 Å². The SMILES string of the molecule is CCCCN(CCCC)CCN=c1sc2ccccc2s1. The molecule has 0 saturated carbocycles. The Bertz CT molecular complexity index is 541. The highest BCUT2D eigenvalue weighted by Crippen LogP contribution is 2.20. The Hall–Kier alpha value is -0.710. The molecule has 0 atom stereocenters. The van der Waals surface area contributed by atoms with Gasteiger partial charge in [0.05, 0.1) is 6.54 Å². The van der Waals surface area contributed by atoms with E-state index in [9.17, 15) is 0 Å². The Labute approximate surface area is 136 Å². The molecule has 21 heavy (non-hydrogen) atoms. The van der Waals surface area contributed by atoms with Crippen molar-refractivity contribution in [2.24, 2.45) is 4.99 Å². The van der Waals surface area contributed by atoms with Crippen LogP contribution in [0.4, 0.5) is 0 Å². The standard InChI is InChI=1S/C17H26N2S2/c1-3-5-12-19(13-6-4-2)14-11-18-17-20-15-9-7-8-10-16(15)21-17/h7-10H,3-6,11-14H2,1-2H3. The quantitative estimate of drug-likeness (QED) is 0.649. The van der Waals surface area contributed by atoms with Crippen LogP contribution in [0.1, 0.15) is 39.5 Å². The summed E-state index contributed by atoms with van der Waals surface area (Å²) in [6.45, 7) is 9.00. The molecule has 0 fully saturated rings. The molecule has 0 aliphatic rings. The summed E-state index contributed by atoms with van der Waals surface area (Å²) in [5.41, 5.74) is 0. The topological polar surface area (TPSA) is 15.6 Å². The van der Waals surface area contributed by atoms with E-state index in [-0.39, 0.29) is 0 Å². The van der Waals surface area contributed by atoms with Crippen LogP contribution in [0.15, 0.2) is 29.3 Å². The molecular weight excluding hydrogens is 296 g/mol. The van der Waals surface area contributed by atoms with Gasteiger partial charge in [-0.3, -0.25) is 4.99 Å². The van der Waals surface area contributed by atoms with E-state index in [1.54, 1.807) is 0 Å². The molecule has 1 aromatic carbocycles. The summed E-state index contributed by atoms with van der Waals surface area (Å²) in [7, 11) is 0. The van der Waals surface area contributed by atoms with Crippen LogP contribution < -0.4 is 3.98 Å². The summed E-state index contributed by atoms with van der Waals surface area (Å²) in [6, 6.07) is 8.58. The van der Waals surface area contributed by atoms with Crippen LogP contribution in [-0.4, -0.2) is 31.1 Å². The maximum Gasteiger partial charge on any atom is 0.167 e. The van der Waals surface area contributed by atoms with Gasteiger partial charge in [-0.15, -0.1) is 22.7 Å². The van der Waals surface area contributed by atoms with Crippen LogP contribution in [0.2, 0.25) is 0 Å². The molecule has 1 aromatic heterocycles. The van der Waals surface area contributed by atoms with E-state index >= 15 is 0 Å². The van der Waals surface area contributed by atoms with E-state index in [0.717, 1.165) is 13.1 Å². The van der Waals surface area contributed by atoms with Gasteiger partial charge in [-0.05, 0) is 38.1 Å². The second kappa shape index (κ2) is 9.34. The second-order valence-corrected chi connectivity index (χ2v) is 7.67. The lowest BCUT2D eigenvalue weighted by Crippen LogP contribution is -2.29. The van der Waals surface area contributed by atoms with Gasteiger partial charge < -0.3 is 4.90 Å². The first kappa shape index (κ1) is 16.7. The number of benzene rings is 1. The molecule has 116 valence electrons. The van der Waals surface area contributed by atoms with E-state index in [0.29, 0.717) is 0 Å². The molecule has 2 aromatic rings. The summed E-state index contributed by atoms with van der Waals surface area (Å²) in [4.78, 5) is 7.37. The largest absolute Gasteiger partial charge is 0.301 e.